The minimum Gasteiger partial charge on any atom is -0.365 e. The molecule has 7 nitrogen and oxygen atoms in total. The van der Waals surface area contributed by atoms with Crippen molar-refractivity contribution in [3.05, 3.63) is 16.7 Å². The number of hydrogen-bond donors (Lipinski definition) is 1. The zero-order chi connectivity index (χ0) is 19.7. The number of nitrogens with one attached hydrogen (secondary N) is 1. The Kier molecular flexibility index (Phi) is 5.75. The van der Waals surface area contributed by atoms with Gasteiger partial charge in [0.25, 0.3) is 0 Å². The molecular weight excluding hydrogens is 422 g/mol. The van der Waals surface area contributed by atoms with E-state index in [0.717, 1.165) is 55.0 Å². The highest BCUT2D eigenvalue weighted by atomic mass is 79.9. The van der Waals surface area contributed by atoms with Gasteiger partial charge in [-0.1, -0.05) is 0 Å². The van der Waals surface area contributed by atoms with Gasteiger partial charge in [-0.15, -0.1) is 0 Å². The minimum absolute atomic E-state index is 0.104. The number of halogens is 1. The molecule has 0 bridgehead atoms. The fourth-order valence-electron chi connectivity index (χ4n) is 4.61. The van der Waals surface area contributed by atoms with Crippen molar-refractivity contribution in [3.8, 4) is 0 Å². The van der Waals surface area contributed by atoms with E-state index in [-0.39, 0.29) is 11.8 Å². The highest BCUT2D eigenvalue weighted by molar-refractivity contribution is 9.10. The van der Waals surface area contributed by atoms with Gasteiger partial charge in [0, 0.05) is 45.6 Å². The van der Waals surface area contributed by atoms with E-state index in [2.05, 4.69) is 37.2 Å². The summed E-state index contributed by atoms with van der Waals surface area (Å²) >= 11 is 3.46. The Bertz CT molecular complexity index is 742. The van der Waals surface area contributed by atoms with Crippen molar-refractivity contribution in [3.63, 3.8) is 0 Å². The average Bonchev–Trinajstić information content (AvgIpc) is 3.10. The van der Waals surface area contributed by atoms with Crippen molar-refractivity contribution < 1.29 is 9.59 Å². The zero-order valence-electron chi connectivity index (χ0n) is 16.4. The molecule has 1 N–H and O–H groups in total. The standard InChI is InChI=1S/C20H28BrN5O2/c1-14(27)24-8-10-25(11-9-24)20(28)16-4-2-15(3-5-16)12-26-13-22-17-6-7-18(21)23-19(17)26/h6-7,15-16,22H,2-5,8-13H2,1H3. The maximum Gasteiger partial charge on any atom is 0.225 e. The highest BCUT2D eigenvalue weighted by Gasteiger charge is 2.33. The van der Waals surface area contributed by atoms with Crippen molar-refractivity contribution in [2.75, 3.05) is 49.6 Å². The third-order valence-corrected chi connectivity index (χ3v) is 6.75. The van der Waals surface area contributed by atoms with Gasteiger partial charge >= 0.3 is 0 Å². The molecule has 1 aliphatic carbocycles. The van der Waals surface area contributed by atoms with Gasteiger partial charge in [0.1, 0.15) is 4.60 Å². The van der Waals surface area contributed by atoms with Crippen LogP contribution in [0.1, 0.15) is 32.6 Å². The van der Waals surface area contributed by atoms with E-state index < -0.39 is 0 Å². The number of fused-ring (bicyclic) bond motifs is 1. The molecule has 0 spiro atoms. The summed E-state index contributed by atoms with van der Waals surface area (Å²) in [7, 11) is 0. The molecule has 0 radical (unpaired) electrons. The molecule has 3 heterocycles. The molecule has 8 heteroatoms. The number of pyridine rings is 1. The lowest BCUT2D eigenvalue weighted by Crippen LogP contribution is -2.51. The van der Waals surface area contributed by atoms with Gasteiger partial charge in [-0.2, -0.15) is 0 Å². The molecule has 1 aromatic heterocycles. The molecule has 1 saturated heterocycles. The molecule has 28 heavy (non-hydrogen) atoms. The molecule has 2 amide bonds. The van der Waals surface area contributed by atoms with Crippen molar-refractivity contribution in [2.45, 2.75) is 32.6 Å². The molecule has 0 unspecified atom stereocenters. The van der Waals surface area contributed by atoms with E-state index in [4.69, 9.17) is 0 Å². The van der Waals surface area contributed by atoms with Gasteiger partial charge in [0.05, 0.1) is 12.4 Å². The van der Waals surface area contributed by atoms with Crippen molar-refractivity contribution in [1.29, 1.82) is 0 Å². The lowest BCUT2D eigenvalue weighted by Gasteiger charge is -2.38. The van der Waals surface area contributed by atoms with Crippen LogP contribution in [0, 0.1) is 11.8 Å². The molecule has 4 rings (SSSR count). The fraction of sp³-hybridized carbons (Fsp3) is 0.650. The van der Waals surface area contributed by atoms with Gasteiger partial charge in [-0.05, 0) is 59.7 Å². The number of hydrogen-bond acceptors (Lipinski definition) is 5. The lowest BCUT2D eigenvalue weighted by atomic mass is 9.81. The smallest absolute Gasteiger partial charge is 0.225 e. The average molecular weight is 450 g/mol. The summed E-state index contributed by atoms with van der Waals surface area (Å²) in [4.78, 5) is 35.0. The van der Waals surface area contributed by atoms with Crippen molar-refractivity contribution in [2.24, 2.45) is 11.8 Å². The number of rotatable bonds is 3. The van der Waals surface area contributed by atoms with Crippen LogP contribution in [0.3, 0.4) is 0 Å². The molecule has 1 saturated carbocycles. The first-order valence-corrected chi connectivity index (χ1v) is 11.0. The SMILES string of the molecule is CC(=O)N1CCN(C(=O)C2CCC(CN3CNc4ccc(Br)nc43)CC2)CC1. The topological polar surface area (TPSA) is 68.8 Å². The third kappa shape index (κ3) is 4.11. The number of amides is 2. The van der Waals surface area contributed by atoms with Crippen LogP contribution in [0.4, 0.5) is 11.5 Å². The summed E-state index contributed by atoms with van der Waals surface area (Å²) in [5.74, 6) is 2.17. The summed E-state index contributed by atoms with van der Waals surface area (Å²) < 4.78 is 0.860. The summed E-state index contributed by atoms with van der Waals surface area (Å²) in [5, 5.41) is 3.40. The molecular formula is C20H28BrN5O2. The maximum atomic E-state index is 12.9. The number of aromatic nitrogens is 1. The Hall–Kier alpha value is -1.83. The third-order valence-electron chi connectivity index (χ3n) is 6.31. The first kappa shape index (κ1) is 19.5. The van der Waals surface area contributed by atoms with Crippen LogP contribution in [0.25, 0.3) is 0 Å². The van der Waals surface area contributed by atoms with Gasteiger partial charge in [-0.25, -0.2) is 4.98 Å². The van der Waals surface area contributed by atoms with E-state index in [0.29, 0.717) is 38.0 Å². The van der Waals surface area contributed by atoms with Crippen LogP contribution < -0.4 is 10.2 Å². The van der Waals surface area contributed by atoms with E-state index in [1.54, 1.807) is 6.92 Å². The monoisotopic (exact) mass is 449 g/mol. The van der Waals surface area contributed by atoms with Gasteiger partial charge in [0.15, 0.2) is 5.82 Å². The van der Waals surface area contributed by atoms with Crippen molar-refractivity contribution >= 4 is 39.2 Å². The second kappa shape index (κ2) is 8.27. The van der Waals surface area contributed by atoms with E-state index in [1.807, 2.05) is 15.9 Å². The molecule has 152 valence electrons. The van der Waals surface area contributed by atoms with Gasteiger partial charge in [-0.3, -0.25) is 9.59 Å². The van der Waals surface area contributed by atoms with E-state index in [1.165, 1.54) is 0 Å². The molecule has 1 aromatic rings. The predicted molar refractivity (Wildman–Crippen MR) is 112 cm³/mol. The van der Waals surface area contributed by atoms with Crippen LogP contribution in [-0.2, 0) is 9.59 Å². The summed E-state index contributed by atoms with van der Waals surface area (Å²) in [6.07, 6.45) is 4.11. The number of carbonyl (C=O) groups is 2. The lowest BCUT2D eigenvalue weighted by molar-refractivity contribution is -0.142. The van der Waals surface area contributed by atoms with Gasteiger partial charge in [0.2, 0.25) is 11.8 Å². The van der Waals surface area contributed by atoms with Crippen LogP contribution in [-0.4, -0.2) is 66.0 Å². The van der Waals surface area contributed by atoms with Gasteiger partial charge < -0.3 is 20.0 Å². The first-order valence-electron chi connectivity index (χ1n) is 10.2. The number of nitrogens with zero attached hydrogens (tertiary/aromatic N) is 4. The molecule has 3 aliphatic rings. The number of piperazine rings is 1. The Morgan fingerprint density at radius 1 is 1.11 bits per heavy atom. The molecule has 2 fully saturated rings. The predicted octanol–water partition coefficient (Wildman–Crippen LogP) is 2.53. The Morgan fingerprint density at radius 2 is 1.79 bits per heavy atom. The maximum absolute atomic E-state index is 12.9. The number of carbonyl (C=O) groups excluding carboxylic acids is 2. The van der Waals surface area contributed by atoms with E-state index >= 15 is 0 Å². The van der Waals surface area contributed by atoms with Crippen LogP contribution in [0.2, 0.25) is 0 Å². The molecule has 0 atom stereocenters. The Labute approximate surface area is 174 Å². The normalized spacial score (nSPS) is 24.7. The first-order chi connectivity index (χ1) is 13.5. The Morgan fingerprint density at radius 3 is 2.46 bits per heavy atom. The van der Waals surface area contributed by atoms with Crippen molar-refractivity contribution in [1.82, 2.24) is 14.8 Å². The fourth-order valence-corrected chi connectivity index (χ4v) is 4.91. The van der Waals surface area contributed by atoms with E-state index in [9.17, 15) is 9.59 Å². The summed E-state index contributed by atoms with van der Waals surface area (Å²) in [5.41, 5.74) is 1.09. The molecule has 2 aliphatic heterocycles. The minimum atomic E-state index is 0.104. The second-order valence-electron chi connectivity index (χ2n) is 8.11. The zero-order valence-corrected chi connectivity index (χ0v) is 17.9. The van der Waals surface area contributed by atoms with Crippen LogP contribution in [0.15, 0.2) is 16.7 Å². The number of anilines is 2. The quantitative estimate of drug-likeness (QED) is 0.717. The highest BCUT2D eigenvalue weighted by Crippen LogP contribution is 2.35. The summed E-state index contributed by atoms with van der Waals surface area (Å²) in [6, 6.07) is 4.02. The second-order valence-corrected chi connectivity index (χ2v) is 8.92. The molecule has 0 aromatic carbocycles. The van der Waals surface area contributed by atoms with Crippen LogP contribution >= 0.6 is 15.9 Å². The van der Waals surface area contributed by atoms with Crippen LogP contribution in [0.5, 0.6) is 0 Å². The Balaban J connectivity index is 1.26. The summed E-state index contributed by atoms with van der Waals surface area (Å²) in [6.45, 7) is 6.08. The largest absolute Gasteiger partial charge is 0.365 e.